The highest BCUT2D eigenvalue weighted by molar-refractivity contribution is 6.04. The van der Waals surface area contributed by atoms with E-state index in [1.54, 1.807) is 29.1 Å². The third-order valence-corrected chi connectivity index (χ3v) is 5.20. The van der Waals surface area contributed by atoms with Crippen LogP contribution in [0.4, 0.5) is 0 Å². The molecule has 0 bridgehead atoms. The maximum absolute atomic E-state index is 13.3. The van der Waals surface area contributed by atoms with Crippen LogP contribution in [0.1, 0.15) is 17.5 Å². The van der Waals surface area contributed by atoms with Crippen molar-refractivity contribution in [1.29, 1.82) is 0 Å². The van der Waals surface area contributed by atoms with Crippen molar-refractivity contribution in [3.63, 3.8) is 0 Å². The topological polar surface area (TPSA) is 77.1 Å². The van der Waals surface area contributed by atoms with Crippen molar-refractivity contribution in [3.8, 4) is 5.69 Å². The Labute approximate surface area is 161 Å². The first-order chi connectivity index (χ1) is 13.5. The van der Waals surface area contributed by atoms with E-state index < -0.39 is 0 Å². The van der Waals surface area contributed by atoms with Crippen molar-refractivity contribution in [2.75, 3.05) is 6.61 Å². The number of nitrogens with zero attached hydrogens (tertiary/aromatic N) is 3. The Morgan fingerprint density at radius 2 is 1.79 bits per heavy atom. The lowest BCUT2D eigenvalue weighted by Crippen LogP contribution is -2.22. The minimum Gasteiger partial charge on any atom is -0.396 e. The molecule has 3 aromatic heterocycles. The molecule has 6 nitrogen and oxygen atoms in total. The van der Waals surface area contributed by atoms with Gasteiger partial charge in [0.05, 0.1) is 16.3 Å². The van der Waals surface area contributed by atoms with E-state index >= 15 is 0 Å². The summed E-state index contributed by atoms with van der Waals surface area (Å²) in [7, 11) is 0. The van der Waals surface area contributed by atoms with Crippen molar-refractivity contribution < 1.29 is 5.11 Å². The lowest BCUT2D eigenvalue weighted by Gasteiger charge is -2.11. The summed E-state index contributed by atoms with van der Waals surface area (Å²) in [5.74, 6) is 0. The van der Waals surface area contributed by atoms with Gasteiger partial charge in [-0.25, -0.2) is 0 Å². The fourth-order valence-electron chi connectivity index (χ4n) is 3.45. The van der Waals surface area contributed by atoms with E-state index in [0.717, 1.165) is 16.8 Å². The largest absolute Gasteiger partial charge is 0.396 e. The number of aromatic nitrogens is 3. The fraction of sp³-hybridized carbons (Fsp3) is 0.227. The minimum atomic E-state index is -0.207. The number of hydrogen-bond acceptors (Lipinski definition) is 4. The summed E-state index contributed by atoms with van der Waals surface area (Å²) < 4.78 is 3.13. The fourth-order valence-corrected chi connectivity index (χ4v) is 3.45. The van der Waals surface area contributed by atoms with Crippen molar-refractivity contribution in [2.24, 2.45) is 0 Å². The summed E-state index contributed by atoms with van der Waals surface area (Å²) in [6, 6.07) is 9.45. The maximum atomic E-state index is 13.3. The normalized spacial score (nSPS) is 11.4. The highest BCUT2D eigenvalue weighted by Crippen LogP contribution is 2.20. The molecule has 0 atom stereocenters. The second-order valence-corrected chi connectivity index (χ2v) is 7.00. The number of aliphatic hydroxyl groups is 1. The van der Waals surface area contributed by atoms with Gasteiger partial charge in [-0.2, -0.15) is 0 Å². The van der Waals surface area contributed by atoms with Gasteiger partial charge < -0.3 is 9.67 Å². The van der Waals surface area contributed by atoms with E-state index in [2.05, 4.69) is 4.98 Å². The van der Waals surface area contributed by atoms with Gasteiger partial charge in [0.25, 0.3) is 11.1 Å². The minimum absolute atomic E-state index is 0.0150. The lowest BCUT2D eigenvalue weighted by atomic mass is 10.1. The molecule has 0 fully saturated rings. The van der Waals surface area contributed by atoms with E-state index in [4.69, 9.17) is 5.11 Å². The zero-order valence-electron chi connectivity index (χ0n) is 15.8. The molecule has 0 aliphatic rings. The molecular formula is C22H21N3O3. The second kappa shape index (κ2) is 7.05. The predicted octanol–water partition coefficient (Wildman–Crippen LogP) is 2.70. The number of hydrogen-bond donors (Lipinski definition) is 1. The number of pyridine rings is 3. The molecule has 0 radical (unpaired) electrons. The van der Waals surface area contributed by atoms with Gasteiger partial charge in [0.15, 0.2) is 0 Å². The molecule has 1 N–H and O–H groups in total. The molecule has 142 valence electrons. The Morgan fingerprint density at radius 3 is 2.54 bits per heavy atom. The highest BCUT2D eigenvalue weighted by Gasteiger charge is 2.13. The number of aliphatic hydroxyl groups excluding tert-OH is 1. The second-order valence-electron chi connectivity index (χ2n) is 7.00. The molecule has 0 saturated carbocycles. The summed E-state index contributed by atoms with van der Waals surface area (Å²) in [4.78, 5) is 30.4. The van der Waals surface area contributed by atoms with Crippen LogP contribution in [-0.4, -0.2) is 25.8 Å². The van der Waals surface area contributed by atoms with E-state index in [9.17, 15) is 9.59 Å². The molecule has 0 aliphatic carbocycles. The molecule has 0 amide bonds. The highest BCUT2D eigenvalue weighted by atomic mass is 16.3. The Kier molecular flexibility index (Phi) is 4.57. The third kappa shape index (κ3) is 2.92. The van der Waals surface area contributed by atoms with Crippen molar-refractivity contribution >= 4 is 21.7 Å². The number of rotatable bonds is 4. The summed E-state index contributed by atoms with van der Waals surface area (Å²) in [6.07, 6.45) is 5.41. The van der Waals surface area contributed by atoms with Gasteiger partial charge in [-0.05, 0) is 55.7 Å². The first-order valence-electron chi connectivity index (χ1n) is 9.23. The van der Waals surface area contributed by atoms with Crippen LogP contribution >= 0.6 is 0 Å². The quantitative estimate of drug-likeness (QED) is 0.557. The van der Waals surface area contributed by atoms with Gasteiger partial charge in [0.2, 0.25) is 0 Å². The van der Waals surface area contributed by atoms with Crippen LogP contribution in [0, 0.1) is 13.8 Å². The molecule has 0 unspecified atom stereocenters. The molecule has 0 saturated heterocycles. The van der Waals surface area contributed by atoms with E-state index in [0.29, 0.717) is 34.6 Å². The van der Waals surface area contributed by atoms with Crippen molar-refractivity contribution in [1.82, 2.24) is 14.1 Å². The average molecular weight is 375 g/mol. The van der Waals surface area contributed by atoms with Crippen LogP contribution in [0.5, 0.6) is 0 Å². The summed E-state index contributed by atoms with van der Waals surface area (Å²) in [6.45, 7) is 4.48. The van der Waals surface area contributed by atoms with E-state index in [1.807, 2.05) is 32.0 Å². The van der Waals surface area contributed by atoms with Crippen molar-refractivity contribution in [3.05, 3.63) is 80.8 Å². The molecule has 4 rings (SSSR count). The molecule has 0 spiro atoms. The van der Waals surface area contributed by atoms with Gasteiger partial charge >= 0.3 is 0 Å². The molecule has 1 aromatic carbocycles. The van der Waals surface area contributed by atoms with Crippen LogP contribution in [0.25, 0.3) is 27.4 Å². The van der Waals surface area contributed by atoms with Crippen LogP contribution in [0.2, 0.25) is 0 Å². The maximum Gasteiger partial charge on any atom is 0.265 e. The van der Waals surface area contributed by atoms with Crippen LogP contribution in [-0.2, 0) is 6.54 Å². The zero-order chi connectivity index (χ0) is 19.8. The standard InChI is InChI=1S/C22H21N3O3/c1-14-4-5-16(12-15(14)2)25-10-7-19-20(22(25)28)17-6-9-24(8-3-11-26)21(27)18(17)13-23-19/h4-7,9-10,12-13,26H,3,8,11H2,1-2H3. The Hall–Kier alpha value is -3.25. The third-order valence-electron chi connectivity index (χ3n) is 5.20. The zero-order valence-corrected chi connectivity index (χ0v) is 15.8. The summed E-state index contributed by atoms with van der Waals surface area (Å²) >= 11 is 0. The van der Waals surface area contributed by atoms with Gasteiger partial charge in [0.1, 0.15) is 0 Å². The first-order valence-corrected chi connectivity index (χ1v) is 9.23. The van der Waals surface area contributed by atoms with E-state index in [-0.39, 0.29) is 17.7 Å². The van der Waals surface area contributed by atoms with Gasteiger partial charge in [-0.1, -0.05) is 6.07 Å². The first kappa shape index (κ1) is 18.1. The lowest BCUT2D eigenvalue weighted by molar-refractivity contribution is 0.279. The molecule has 4 aromatic rings. The predicted molar refractivity (Wildman–Crippen MR) is 110 cm³/mol. The van der Waals surface area contributed by atoms with Gasteiger partial charge in [0, 0.05) is 42.8 Å². The smallest absolute Gasteiger partial charge is 0.265 e. The Morgan fingerprint density at radius 1 is 0.964 bits per heavy atom. The number of fused-ring (bicyclic) bond motifs is 3. The molecule has 28 heavy (non-hydrogen) atoms. The monoisotopic (exact) mass is 375 g/mol. The molecule has 3 heterocycles. The van der Waals surface area contributed by atoms with Gasteiger partial charge in [-0.15, -0.1) is 0 Å². The molecule has 0 aliphatic heterocycles. The summed E-state index contributed by atoms with van der Waals surface area (Å²) in [5.41, 5.74) is 3.20. The van der Waals surface area contributed by atoms with Crippen LogP contribution in [0.3, 0.4) is 0 Å². The van der Waals surface area contributed by atoms with Crippen LogP contribution in [0.15, 0.2) is 58.5 Å². The van der Waals surface area contributed by atoms with Gasteiger partial charge in [-0.3, -0.25) is 19.1 Å². The Bertz CT molecular complexity index is 1320. The Balaban J connectivity index is 1.99. The average Bonchev–Trinajstić information content (AvgIpc) is 2.69. The number of aryl methyl sites for hydroxylation is 3. The number of benzene rings is 1. The van der Waals surface area contributed by atoms with Crippen molar-refractivity contribution in [2.45, 2.75) is 26.8 Å². The molecule has 6 heteroatoms. The molecular weight excluding hydrogens is 354 g/mol. The summed E-state index contributed by atoms with van der Waals surface area (Å²) in [5, 5.41) is 10.4. The van der Waals surface area contributed by atoms with E-state index in [1.165, 1.54) is 10.8 Å². The van der Waals surface area contributed by atoms with Crippen LogP contribution < -0.4 is 11.1 Å². The SMILES string of the molecule is Cc1ccc(-n2ccc3ncc4c(=O)n(CCCO)ccc4c3c2=O)cc1C.